The van der Waals surface area contributed by atoms with E-state index in [1.54, 1.807) is 7.11 Å². The van der Waals surface area contributed by atoms with Crippen molar-refractivity contribution in [1.29, 1.82) is 5.41 Å². The van der Waals surface area contributed by atoms with Gasteiger partial charge < -0.3 is 15.5 Å². The first-order chi connectivity index (χ1) is 12.1. The Hall–Kier alpha value is -3.15. The van der Waals surface area contributed by atoms with Crippen LogP contribution in [0.25, 0.3) is 10.9 Å². The SMILES string of the molecule is COc1cccc2/c(=N/C(=N)C3(c4ccccc4)CC3)[nH]c(N)nc12. The van der Waals surface area contributed by atoms with E-state index in [0.717, 1.165) is 23.8 Å². The summed E-state index contributed by atoms with van der Waals surface area (Å²) in [5, 5.41) is 9.37. The van der Waals surface area contributed by atoms with Crippen molar-refractivity contribution in [2.75, 3.05) is 12.8 Å². The molecule has 3 aromatic rings. The van der Waals surface area contributed by atoms with E-state index in [2.05, 4.69) is 27.1 Å². The van der Waals surface area contributed by atoms with E-state index in [4.69, 9.17) is 15.9 Å². The van der Waals surface area contributed by atoms with Gasteiger partial charge in [0.2, 0.25) is 0 Å². The van der Waals surface area contributed by atoms with E-state index in [9.17, 15) is 0 Å². The number of nitrogens with one attached hydrogen (secondary N) is 2. The van der Waals surface area contributed by atoms with Crippen molar-refractivity contribution < 1.29 is 4.74 Å². The van der Waals surface area contributed by atoms with Gasteiger partial charge in [0.15, 0.2) is 5.95 Å². The van der Waals surface area contributed by atoms with Crippen LogP contribution in [0.1, 0.15) is 18.4 Å². The number of para-hydroxylation sites is 1. The molecule has 0 bridgehead atoms. The van der Waals surface area contributed by atoms with E-state index in [0.29, 0.717) is 22.6 Å². The molecule has 1 aromatic heterocycles. The number of nitrogens with two attached hydrogens (primary N) is 1. The van der Waals surface area contributed by atoms with E-state index in [-0.39, 0.29) is 11.4 Å². The summed E-state index contributed by atoms with van der Waals surface area (Å²) in [7, 11) is 1.59. The van der Waals surface area contributed by atoms with Crippen LogP contribution in [-0.2, 0) is 5.41 Å². The van der Waals surface area contributed by atoms with Crippen LogP contribution in [0.15, 0.2) is 53.5 Å². The lowest BCUT2D eigenvalue weighted by Gasteiger charge is -2.14. The van der Waals surface area contributed by atoms with E-state index in [1.165, 1.54) is 0 Å². The van der Waals surface area contributed by atoms with Crippen molar-refractivity contribution in [3.63, 3.8) is 0 Å². The average Bonchev–Trinajstić information content (AvgIpc) is 3.44. The van der Waals surface area contributed by atoms with Gasteiger partial charge in [0, 0.05) is 5.39 Å². The van der Waals surface area contributed by atoms with Crippen LogP contribution in [0.4, 0.5) is 5.95 Å². The number of rotatable bonds is 3. The Balaban J connectivity index is 1.86. The van der Waals surface area contributed by atoms with Gasteiger partial charge in [-0.3, -0.25) is 5.41 Å². The van der Waals surface area contributed by atoms with Gasteiger partial charge in [-0.25, -0.2) is 9.98 Å². The Kier molecular flexibility index (Phi) is 3.53. The summed E-state index contributed by atoms with van der Waals surface area (Å²) in [6, 6.07) is 15.7. The number of anilines is 1. The second-order valence-electron chi connectivity index (χ2n) is 6.24. The molecule has 0 radical (unpaired) electrons. The van der Waals surface area contributed by atoms with Crippen LogP contribution in [0.3, 0.4) is 0 Å². The molecule has 0 atom stereocenters. The zero-order chi connectivity index (χ0) is 17.4. The Labute approximate surface area is 144 Å². The molecular formula is C19H19N5O. The molecule has 0 saturated heterocycles. The van der Waals surface area contributed by atoms with Crippen LogP contribution in [0.5, 0.6) is 5.75 Å². The number of aromatic nitrogens is 2. The maximum absolute atomic E-state index is 8.59. The summed E-state index contributed by atoms with van der Waals surface area (Å²) >= 11 is 0. The fraction of sp³-hybridized carbons (Fsp3) is 0.211. The van der Waals surface area contributed by atoms with Crippen molar-refractivity contribution in [3.05, 3.63) is 59.6 Å². The first-order valence-corrected chi connectivity index (χ1v) is 8.16. The predicted molar refractivity (Wildman–Crippen MR) is 97.7 cm³/mol. The number of ether oxygens (including phenoxy) is 1. The molecule has 4 N–H and O–H groups in total. The van der Waals surface area contributed by atoms with Crippen LogP contribution in [-0.4, -0.2) is 22.9 Å². The van der Waals surface area contributed by atoms with Gasteiger partial charge in [-0.05, 0) is 30.5 Å². The lowest BCUT2D eigenvalue weighted by molar-refractivity contribution is 0.419. The van der Waals surface area contributed by atoms with Crippen molar-refractivity contribution >= 4 is 22.7 Å². The Morgan fingerprint density at radius 3 is 2.64 bits per heavy atom. The van der Waals surface area contributed by atoms with E-state index < -0.39 is 0 Å². The smallest absolute Gasteiger partial charge is 0.199 e. The van der Waals surface area contributed by atoms with Gasteiger partial charge >= 0.3 is 0 Å². The summed E-state index contributed by atoms with van der Waals surface area (Å²) in [5.74, 6) is 1.21. The highest BCUT2D eigenvalue weighted by atomic mass is 16.5. The van der Waals surface area contributed by atoms with Gasteiger partial charge in [0.25, 0.3) is 0 Å². The molecule has 1 aliphatic carbocycles. The molecule has 2 aromatic carbocycles. The lowest BCUT2D eigenvalue weighted by atomic mass is 9.95. The maximum atomic E-state index is 8.59. The highest BCUT2D eigenvalue weighted by Gasteiger charge is 2.48. The van der Waals surface area contributed by atoms with Crippen molar-refractivity contribution in [1.82, 2.24) is 9.97 Å². The normalized spacial score (nSPS) is 16.0. The first kappa shape index (κ1) is 15.4. The maximum Gasteiger partial charge on any atom is 0.199 e. The van der Waals surface area contributed by atoms with Crippen molar-refractivity contribution in [2.24, 2.45) is 4.99 Å². The van der Waals surface area contributed by atoms with Gasteiger partial charge in [-0.2, -0.15) is 0 Å². The van der Waals surface area contributed by atoms with Gasteiger partial charge in [0.1, 0.15) is 22.6 Å². The molecule has 1 saturated carbocycles. The number of hydrogen-bond acceptors (Lipinski definition) is 4. The molecule has 1 aliphatic rings. The third-order valence-electron chi connectivity index (χ3n) is 4.71. The molecule has 126 valence electrons. The lowest BCUT2D eigenvalue weighted by Crippen LogP contribution is -2.23. The Morgan fingerprint density at radius 2 is 1.96 bits per heavy atom. The molecule has 0 spiro atoms. The molecule has 6 nitrogen and oxygen atoms in total. The van der Waals surface area contributed by atoms with Crippen LogP contribution < -0.4 is 16.0 Å². The number of methoxy groups -OCH3 is 1. The highest BCUT2D eigenvalue weighted by Crippen LogP contribution is 2.49. The minimum absolute atomic E-state index is 0.244. The fourth-order valence-electron chi connectivity index (χ4n) is 3.18. The molecule has 0 amide bonds. The quantitative estimate of drug-likeness (QED) is 0.507. The Morgan fingerprint density at radius 1 is 1.20 bits per heavy atom. The number of benzene rings is 2. The summed E-state index contributed by atoms with van der Waals surface area (Å²) in [5.41, 5.74) is 7.92. The Bertz CT molecular complexity index is 1020. The second kappa shape index (κ2) is 5.73. The van der Waals surface area contributed by atoms with Crippen molar-refractivity contribution in [2.45, 2.75) is 18.3 Å². The zero-order valence-corrected chi connectivity index (χ0v) is 13.9. The zero-order valence-electron chi connectivity index (χ0n) is 13.9. The van der Waals surface area contributed by atoms with E-state index >= 15 is 0 Å². The molecule has 4 rings (SSSR count). The fourth-order valence-corrected chi connectivity index (χ4v) is 3.18. The number of fused-ring (bicyclic) bond motifs is 1. The highest BCUT2D eigenvalue weighted by molar-refractivity contribution is 5.95. The molecule has 1 heterocycles. The minimum Gasteiger partial charge on any atom is -0.494 e. The number of nitrogens with zero attached hydrogens (tertiary/aromatic N) is 2. The van der Waals surface area contributed by atoms with Crippen LogP contribution in [0.2, 0.25) is 0 Å². The summed E-state index contributed by atoms with van der Waals surface area (Å²) in [6.45, 7) is 0. The molecule has 0 unspecified atom stereocenters. The predicted octanol–water partition coefficient (Wildman–Crippen LogP) is 2.76. The second-order valence-corrected chi connectivity index (χ2v) is 6.24. The number of amidine groups is 1. The molecule has 25 heavy (non-hydrogen) atoms. The van der Waals surface area contributed by atoms with Crippen LogP contribution >= 0.6 is 0 Å². The van der Waals surface area contributed by atoms with Gasteiger partial charge in [-0.15, -0.1) is 0 Å². The number of H-pyrrole nitrogens is 1. The number of nitrogen functional groups attached to an aromatic ring is 1. The summed E-state index contributed by atoms with van der Waals surface area (Å²) < 4.78 is 5.36. The summed E-state index contributed by atoms with van der Waals surface area (Å²) in [4.78, 5) is 11.9. The molecular weight excluding hydrogens is 314 g/mol. The minimum atomic E-state index is -0.293. The number of hydrogen-bond donors (Lipinski definition) is 3. The molecule has 6 heteroatoms. The van der Waals surface area contributed by atoms with E-state index in [1.807, 2.05) is 36.4 Å². The third-order valence-corrected chi connectivity index (χ3v) is 4.71. The van der Waals surface area contributed by atoms with Gasteiger partial charge in [0.05, 0.1) is 12.5 Å². The largest absolute Gasteiger partial charge is 0.494 e. The molecule has 0 aliphatic heterocycles. The number of aromatic amines is 1. The van der Waals surface area contributed by atoms with Crippen molar-refractivity contribution in [3.8, 4) is 5.75 Å². The third kappa shape index (κ3) is 2.55. The van der Waals surface area contributed by atoms with Crippen LogP contribution in [0, 0.1) is 5.41 Å². The monoisotopic (exact) mass is 333 g/mol. The average molecular weight is 333 g/mol. The standard InChI is InChI=1S/C19H19N5O/c1-25-14-9-5-8-13-15(14)22-18(21)24-16(13)23-17(20)19(10-11-19)12-6-3-2-4-7-12/h2-9H,10-11H2,1H3,(H4,20,21,22,23,24). The summed E-state index contributed by atoms with van der Waals surface area (Å²) in [6.07, 6.45) is 1.86. The molecule has 1 fully saturated rings. The van der Waals surface area contributed by atoms with Gasteiger partial charge in [-0.1, -0.05) is 36.4 Å². The first-order valence-electron chi connectivity index (χ1n) is 8.16. The topological polar surface area (TPSA) is 100 Å².